The van der Waals surface area contributed by atoms with Crippen LogP contribution < -0.4 is 0 Å². The number of carbonyl (C=O) groups is 1. The minimum atomic E-state index is -0.663. The molecule has 19 heavy (non-hydrogen) atoms. The van der Waals surface area contributed by atoms with Gasteiger partial charge in [0.25, 0.3) is 0 Å². The van der Waals surface area contributed by atoms with Crippen LogP contribution in [0.4, 0.5) is 4.79 Å². The Morgan fingerprint density at radius 3 is 1.84 bits per heavy atom. The molecule has 0 saturated carbocycles. The van der Waals surface area contributed by atoms with E-state index in [-0.39, 0.29) is 0 Å². The summed E-state index contributed by atoms with van der Waals surface area (Å²) in [5.41, 5.74) is 2.65. The van der Waals surface area contributed by atoms with E-state index >= 15 is 0 Å². The molecule has 0 radical (unpaired) electrons. The van der Waals surface area contributed by atoms with Crippen molar-refractivity contribution in [1.82, 2.24) is 0 Å². The minimum absolute atomic E-state index is 0.663. The minimum Gasteiger partial charge on any atom is -0.451 e. The van der Waals surface area contributed by atoms with E-state index in [9.17, 15) is 4.79 Å². The van der Waals surface area contributed by atoms with E-state index in [4.69, 9.17) is 0 Å². The van der Waals surface area contributed by atoms with Gasteiger partial charge in [-0.15, -0.1) is 4.99 Å². The number of amides is 1. The van der Waals surface area contributed by atoms with Crippen LogP contribution in [0.2, 0.25) is 0 Å². The molecular weight excluding hydrogens is 238 g/mol. The van der Waals surface area contributed by atoms with E-state index in [1.807, 2.05) is 60.7 Å². The highest BCUT2D eigenvalue weighted by molar-refractivity contribution is 6.01. The van der Waals surface area contributed by atoms with E-state index in [1.54, 1.807) is 0 Å². The van der Waals surface area contributed by atoms with Crippen LogP contribution in [0.1, 0.15) is 11.1 Å². The Morgan fingerprint density at radius 1 is 0.947 bits per heavy atom. The zero-order chi connectivity index (χ0) is 13.5. The lowest BCUT2D eigenvalue weighted by molar-refractivity contribution is 0.183. The molecule has 1 amide bonds. The quantitative estimate of drug-likeness (QED) is 0.765. The van der Waals surface area contributed by atoms with Gasteiger partial charge in [-0.2, -0.15) is 0 Å². The Morgan fingerprint density at radius 2 is 1.42 bits per heavy atom. The number of nitrogens with zero attached hydrogens (tertiary/aromatic N) is 1. The second-order valence-electron chi connectivity index (χ2n) is 3.80. The van der Waals surface area contributed by atoms with E-state index in [0.717, 1.165) is 16.7 Å². The van der Waals surface area contributed by atoms with Crippen molar-refractivity contribution in [3.63, 3.8) is 0 Å². The molecule has 0 unspecified atom stereocenters. The molecule has 0 N–H and O–H groups in total. The first kappa shape index (κ1) is 12.8. The van der Waals surface area contributed by atoms with Gasteiger partial charge in [0.15, 0.2) is 0 Å². The number of carbonyl (C=O) groups excluding carboxylic acids is 1. The fourth-order valence-corrected chi connectivity index (χ4v) is 1.65. The summed E-state index contributed by atoms with van der Waals surface area (Å²) in [5.74, 6) is 2.77. The first-order chi connectivity index (χ1) is 9.31. The molecule has 0 atom stereocenters. The molecule has 94 valence electrons. The van der Waals surface area contributed by atoms with Gasteiger partial charge in [0.1, 0.15) is 0 Å². The summed E-state index contributed by atoms with van der Waals surface area (Å²) in [7, 11) is 1.29. The van der Waals surface area contributed by atoms with Crippen LogP contribution >= 0.6 is 0 Å². The first-order valence-corrected chi connectivity index (χ1v) is 5.84. The average Bonchev–Trinajstić information content (AvgIpc) is 2.49. The second kappa shape index (κ2) is 6.34. The third-order valence-corrected chi connectivity index (χ3v) is 2.56. The summed E-state index contributed by atoms with van der Waals surface area (Å²) >= 11 is 0. The van der Waals surface area contributed by atoms with E-state index in [1.165, 1.54) is 7.11 Å². The van der Waals surface area contributed by atoms with Crippen molar-refractivity contribution in [2.24, 2.45) is 4.99 Å². The lowest BCUT2D eigenvalue weighted by Gasteiger charge is -2.04. The maximum Gasteiger partial charge on any atom is 0.441 e. The monoisotopic (exact) mass is 251 g/mol. The lowest BCUT2D eigenvalue weighted by Crippen LogP contribution is -1.93. The van der Waals surface area contributed by atoms with E-state index in [0.29, 0.717) is 0 Å². The van der Waals surface area contributed by atoms with Crippen molar-refractivity contribution in [3.05, 3.63) is 71.8 Å². The van der Waals surface area contributed by atoms with Gasteiger partial charge < -0.3 is 4.74 Å². The van der Waals surface area contributed by atoms with Gasteiger partial charge in [0.05, 0.1) is 12.7 Å². The second-order valence-corrected chi connectivity index (χ2v) is 3.80. The average molecular weight is 251 g/mol. The molecule has 0 fully saturated rings. The highest BCUT2D eigenvalue weighted by Crippen LogP contribution is 2.20. The fourth-order valence-electron chi connectivity index (χ4n) is 1.65. The van der Waals surface area contributed by atoms with Crippen LogP contribution in [0, 0.1) is 0 Å². The van der Waals surface area contributed by atoms with Crippen molar-refractivity contribution in [3.8, 4) is 0 Å². The highest BCUT2D eigenvalue weighted by atomic mass is 16.5. The summed E-state index contributed by atoms with van der Waals surface area (Å²) in [5, 5.41) is 0. The maximum atomic E-state index is 11.1. The zero-order valence-electron chi connectivity index (χ0n) is 10.5. The van der Waals surface area contributed by atoms with Crippen LogP contribution in [-0.2, 0) is 4.74 Å². The van der Waals surface area contributed by atoms with Gasteiger partial charge in [-0.1, -0.05) is 60.7 Å². The number of hydrogen-bond donors (Lipinski definition) is 0. The predicted molar refractivity (Wildman–Crippen MR) is 75.2 cm³/mol. The Hall–Kier alpha value is -2.64. The summed E-state index contributed by atoms with van der Waals surface area (Å²) in [6.07, 6.45) is -0.663. The topological polar surface area (TPSA) is 38.7 Å². The summed E-state index contributed by atoms with van der Waals surface area (Å²) in [6, 6.07) is 19.4. The van der Waals surface area contributed by atoms with Crippen molar-refractivity contribution >= 4 is 17.5 Å². The molecule has 2 aromatic carbocycles. The van der Waals surface area contributed by atoms with Crippen LogP contribution in [0.3, 0.4) is 0 Å². The number of hydrogen-bond acceptors (Lipinski definition) is 2. The largest absolute Gasteiger partial charge is 0.451 e. The van der Waals surface area contributed by atoms with Gasteiger partial charge in [-0.3, -0.25) is 0 Å². The van der Waals surface area contributed by atoms with Gasteiger partial charge in [0.2, 0.25) is 0 Å². The van der Waals surface area contributed by atoms with Crippen molar-refractivity contribution in [2.75, 3.05) is 7.11 Å². The molecule has 3 nitrogen and oxygen atoms in total. The Balaban J connectivity index is 2.52. The number of benzene rings is 2. The highest BCUT2D eigenvalue weighted by Gasteiger charge is 2.04. The van der Waals surface area contributed by atoms with Gasteiger partial charge in [0, 0.05) is 5.87 Å². The number of aliphatic imine (C=N–C) groups is 1. The van der Waals surface area contributed by atoms with Crippen LogP contribution in [0.5, 0.6) is 0 Å². The van der Waals surface area contributed by atoms with E-state index in [2.05, 4.69) is 15.6 Å². The smallest absolute Gasteiger partial charge is 0.441 e. The van der Waals surface area contributed by atoms with Gasteiger partial charge >= 0.3 is 6.09 Å². The Bertz CT molecular complexity index is 570. The van der Waals surface area contributed by atoms with Crippen LogP contribution in [0.15, 0.2) is 65.7 Å². The summed E-state index contributed by atoms with van der Waals surface area (Å²) in [6.45, 7) is 0. The Kier molecular flexibility index (Phi) is 4.27. The fraction of sp³-hybridized carbons (Fsp3) is 0.0625. The van der Waals surface area contributed by atoms with Gasteiger partial charge in [-0.25, -0.2) is 4.79 Å². The lowest BCUT2D eigenvalue weighted by atomic mass is 10.00. The molecule has 2 aromatic rings. The zero-order valence-corrected chi connectivity index (χ0v) is 10.5. The molecular formula is C16H13NO2. The van der Waals surface area contributed by atoms with Crippen molar-refractivity contribution < 1.29 is 9.53 Å². The number of methoxy groups -OCH3 is 1. The molecule has 2 rings (SSSR count). The molecule has 0 heterocycles. The number of rotatable bonds is 2. The molecule has 0 aliphatic heterocycles. The molecule has 0 aliphatic rings. The standard InChI is InChI=1S/C16H13NO2/c1-19-16(18)17-12-15(13-8-4-2-5-9-13)14-10-6-3-7-11-14/h2-11H,1H3. The molecule has 0 bridgehead atoms. The normalized spacial score (nSPS) is 9.32. The first-order valence-electron chi connectivity index (χ1n) is 5.84. The third kappa shape index (κ3) is 3.41. The van der Waals surface area contributed by atoms with Crippen molar-refractivity contribution in [1.29, 1.82) is 0 Å². The number of ether oxygens (including phenoxy) is 1. The van der Waals surface area contributed by atoms with E-state index < -0.39 is 6.09 Å². The van der Waals surface area contributed by atoms with Crippen molar-refractivity contribution in [2.45, 2.75) is 0 Å². The summed E-state index contributed by atoms with van der Waals surface area (Å²) < 4.78 is 4.49. The molecule has 0 saturated heterocycles. The summed E-state index contributed by atoms with van der Waals surface area (Å²) in [4.78, 5) is 14.8. The Labute approximate surface area is 111 Å². The maximum absolute atomic E-state index is 11.1. The van der Waals surface area contributed by atoms with Gasteiger partial charge in [-0.05, 0) is 11.1 Å². The SMILES string of the molecule is COC(=O)N=C=C(c1ccccc1)c1ccccc1. The third-order valence-electron chi connectivity index (χ3n) is 2.56. The predicted octanol–water partition coefficient (Wildman–Crippen LogP) is 3.55. The molecule has 0 aliphatic carbocycles. The molecule has 0 spiro atoms. The molecule has 0 aromatic heterocycles. The molecule has 3 heteroatoms. The van der Waals surface area contributed by atoms with Crippen LogP contribution in [0.25, 0.3) is 5.57 Å². The van der Waals surface area contributed by atoms with Crippen LogP contribution in [-0.4, -0.2) is 19.1 Å².